The summed E-state index contributed by atoms with van der Waals surface area (Å²) in [5.74, 6) is -0.591. The van der Waals surface area contributed by atoms with Gasteiger partial charge in [-0.3, -0.25) is 4.79 Å². The van der Waals surface area contributed by atoms with Gasteiger partial charge in [0.15, 0.2) is 5.69 Å². The smallest absolute Gasteiger partial charge is 0.271 e. The minimum Gasteiger partial charge on any atom is -0.380 e. The van der Waals surface area contributed by atoms with Crippen molar-refractivity contribution in [3.8, 4) is 0 Å². The van der Waals surface area contributed by atoms with Gasteiger partial charge in [-0.2, -0.15) is 0 Å². The van der Waals surface area contributed by atoms with Gasteiger partial charge in [-0.25, -0.2) is 0 Å². The standard InChI is InChI=1S/C15H18N4O/c1-8(2)10-5-6-11-12(7-10)18-19-14(15(16)20)13(11)17-9(3)4/h5-7,9H,1H2,2-4H3,(H2,16,20)(H,17,18). The second-order valence-corrected chi connectivity index (χ2v) is 5.10. The Balaban J connectivity index is 2.71. The Morgan fingerprint density at radius 3 is 2.60 bits per heavy atom. The van der Waals surface area contributed by atoms with Crippen molar-refractivity contribution in [2.24, 2.45) is 5.73 Å². The maximum Gasteiger partial charge on any atom is 0.271 e. The zero-order chi connectivity index (χ0) is 14.9. The Kier molecular flexibility index (Phi) is 3.70. The molecule has 2 aromatic rings. The van der Waals surface area contributed by atoms with Crippen LogP contribution in [-0.4, -0.2) is 22.1 Å². The van der Waals surface area contributed by atoms with Crippen LogP contribution in [0.2, 0.25) is 0 Å². The molecule has 1 aromatic heterocycles. The highest BCUT2D eigenvalue weighted by Gasteiger charge is 2.16. The Bertz CT molecular complexity index is 692. The maximum absolute atomic E-state index is 11.5. The number of anilines is 1. The van der Waals surface area contributed by atoms with Crippen LogP contribution in [0.15, 0.2) is 24.8 Å². The molecule has 0 fully saturated rings. The molecule has 0 unspecified atom stereocenters. The predicted molar refractivity (Wildman–Crippen MR) is 81.5 cm³/mol. The molecule has 3 N–H and O–H groups in total. The molecular weight excluding hydrogens is 252 g/mol. The van der Waals surface area contributed by atoms with E-state index in [4.69, 9.17) is 5.73 Å². The Hall–Kier alpha value is -2.43. The quantitative estimate of drug-likeness (QED) is 0.894. The van der Waals surface area contributed by atoms with Gasteiger partial charge in [0.2, 0.25) is 0 Å². The van der Waals surface area contributed by atoms with Crippen LogP contribution in [0.4, 0.5) is 5.69 Å². The van der Waals surface area contributed by atoms with Crippen molar-refractivity contribution < 1.29 is 4.79 Å². The molecule has 0 atom stereocenters. The first-order valence-corrected chi connectivity index (χ1v) is 6.42. The predicted octanol–water partition coefficient (Wildman–Crippen LogP) is 2.58. The number of carbonyl (C=O) groups excluding carboxylic acids is 1. The van der Waals surface area contributed by atoms with E-state index in [1.54, 1.807) is 0 Å². The molecule has 0 spiro atoms. The Morgan fingerprint density at radius 2 is 2.05 bits per heavy atom. The van der Waals surface area contributed by atoms with Crippen molar-refractivity contribution in [2.45, 2.75) is 26.8 Å². The minimum atomic E-state index is -0.591. The molecule has 0 saturated heterocycles. The highest BCUT2D eigenvalue weighted by Crippen LogP contribution is 2.27. The normalized spacial score (nSPS) is 10.8. The van der Waals surface area contributed by atoms with E-state index in [-0.39, 0.29) is 11.7 Å². The number of allylic oxidation sites excluding steroid dienone is 1. The zero-order valence-corrected chi connectivity index (χ0v) is 11.9. The SMILES string of the molecule is C=C(C)c1ccc2c(NC(C)C)c(C(N)=O)nnc2c1. The monoisotopic (exact) mass is 270 g/mol. The number of primary amides is 1. The molecule has 0 aliphatic rings. The molecule has 0 aliphatic carbocycles. The number of nitrogens with two attached hydrogens (primary N) is 1. The second kappa shape index (κ2) is 5.28. The third-order valence-corrected chi connectivity index (χ3v) is 2.92. The lowest BCUT2D eigenvalue weighted by atomic mass is 10.0. The van der Waals surface area contributed by atoms with Gasteiger partial charge in [-0.05, 0) is 38.5 Å². The molecule has 5 nitrogen and oxygen atoms in total. The summed E-state index contributed by atoms with van der Waals surface area (Å²) in [5.41, 5.74) is 8.81. The summed E-state index contributed by atoms with van der Waals surface area (Å²) >= 11 is 0. The van der Waals surface area contributed by atoms with E-state index >= 15 is 0 Å². The van der Waals surface area contributed by atoms with Crippen molar-refractivity contribution in [3.63, 3.8) is 0 Å². The van der Waals surface area contributed by atoms with E-state index in [9.17, 15) is 4.79 Å². The summed E-state index contributed by atoms with van der Waals surface area (Å²) in [5, 5.41) is 12.1. The van der Waals surface area contributed by atoms with Crippen molar-refractivity contribution in [1.82, 2.24) is 10.2 Å². The highest BCUT2D eigenvalue weighted by atomic mass is 16.1. The van der Waals surface area contributed by atoms with Crippen LogP contribution < -0.4 is 11.1 Å². The molecule has 0 radical (unpaired) electrons. The molecular formula is C15H18N4O. The summed E-state index contributed by atoms with van der Waals surface area (Å²) in [4.78, 5) is 11.5. The van der Waals surface area contributed by atoms with Crippen LogP contribution >= 0.6 is 0 Å². The lowest BCUT2D eigenvalue weighted by molar-refractivity contribution is 0.0995. The lowest BCUT2D eigenvalue weighted by Crippen LogP contribution is -2.20. The van der Waals surface area contributed by atoms with E-state index in [1.807, 2.05) is 39.0 Å². The van der Waals surface area contributed by atoms with Gasteiger partial charge in [-0.15, -0.1) is 10.2 Å². The largest absolute Gasteiger partial charge is 0.380 e. The minimum absolute atomic E-state index is 0.154. The van der Waals surface area contributed by atoms with E-state index in [0.717, 1.165) is 16.5 Å². The van der Waals surface area contributed by atoms with E-state index in [0.29, 0.717) is 11.2 Å². The van der Waals surface area contributed by atoms with Gasteiger partial charge in [0.05, 0.1) is 11.2 Å². The number of rotatable bonds is 4. The fourth-order valence-electron chi connectivity index (χ4n) is 1.98. The second-order valence-electron chi connectivity index (χ2n) is 5.10. The summed E-state index contributed by atoms with van der Waals surface area (Å²) < 4.78 is 0. The van der Waals surface area contributed by atoms with Gasteiger partial charge < -0.3 is 11.1 Å². The molecule has 1 amide bonds. The first kappa shape index (κ1) is 14.0. The van der Waals surface area contributed by atoms with Crippen molar-refractivity contribution in [1.29, 1.82) is 0 Å². The van der Waals surface area contributed by atoms with Crippen LogP contribution in [0.1, 0.15) is 36.8 Å². The molecule has 0 bridgehead atoms. The average Bonchev–Trinajstić information content (AvgIpc) is 2.37. The summed E-state index contributed by atoms with van der Waals surface area (Å²) in [6.07, 6.45) is 0. The topological polar surface area (TPSA) is 80.9 Å². The van der Waals surface area contributed by atoms with Crippen LogP contribution in [0.25, 0.3) is 16.5 Å². The number of fused-ring (bicyclic) bond motifs is 1. The van der Waals surface area contributed by atoms with Crippen LogP contribution in [0.3, 0.4) is 0 Å². The number of nitrogens with zero attached hydrogens (tertiary/aromatic N) is 2. The zero-order valence-electron chi connectivity index (χ0n) is 11.9. The number of aromatic nitrogens is 2. The average molecular weight is 270 g/mol. The summed E-state index contributed by atoms with van der Waals surface area (Å²) in [6, 6.07) is 5.91. The maximum atomic E-state index is 11.5. The number of hydrogen-bond donors (Lipinski definition) is 2. The molecule has 0 saturated carbocycles. The third kappa shape index (κ3) is 2.61. The summed E-state index contributed by atoms with van der Waals surface area (Å²) in [6.45, 7) is 9.81. The molecule has 1 aromatic carbocycles. The first-order valence-electron chi connectivity index (χ1n) is 6.42. The van der Waals surface area contributed by atoms with Gasteiger partial charge in [-0.1, -0.05) is 18.2 Å². The molecule has 20 heavy (non-hydrogen) atoms. The van der Waals surface area contributed by atoms with Gasteiger partial charge in [0, 0.05) is 11.4 Å². The van der Waals surface area contributed by atoms with E-state index in [1.165, 1.54) is 0 Å². The number of hydrogen-bond acceptors (Lipinski definition) is 4. The number of nitrogens with one attached hydrogen (secondary N) is 1. The molecule has 1 heterocycles. The highest BCUT2D eigenvalue weighted by molar-refractivity contribution is 6.05. The summed E-state index contributed by atoms with van der Waals surface area (Å²) in [7, 11) is 0. The van der Waals surface area contributed by atoms with Gasteiger partial charge in [0.1, 0.15) is 0 Å². The van der Waals surface area contributed by atoms with Crippen molar-refractivity contribution in [2.75, 3.05) is 5.32 Å². The Morgan fingerprint density at radius 1 is 1.35 bits per heavy atom. The number of carbonyl (C=O) groups is 1. The number of benzene rings is 1. The fourth-order valence-corrected chi connectivity index (χ4v) is 1.98. The molecule has 2 rings (SSSR count). The first-order chi connectivity index (χ1) is 9.40. The van der Waals surface area contributed by atoms with E-state index < -0.39 is 5.91 Å². The van der Waals surface area contributed by atoms with Crippen LogP contribution in [-0.2, 0) is 0 Å². The fraction of sp³-hybridized carbons (Fsp3) is 0.267. The molecule has 0 aliphatic heterocycles. The molecule has 5 heteroatoms. The van der Waals surface area contributed by atoms with Gasteiger partial charge in [0.25, 0.3) is 5.91 Å². The van der Waals surface area contributed by atoms with E-state index in [2.05, 4.69) is 22.1 Å². The van der Waals surface area contributed by atoms with Crippen LogP contribution in [0.5, 0.6) is 0 Å². The lowest BCUT2D eigenvalue weighted by Gasteiger charge is -2.15. The van der Waals surface area contributed by atoms with Crippen molar-refractivity contribution >= 4 is 28.1 Å². The van der Waals surface area contributed by atoms with Gasteiger partial charge >= 0.3 is 0 Å². The van der Waals surface area contributed by atoms with Crippen LogP contribution in [0, 0.1) is 0 Å². The third-order valence-electron chi connectivity index (χ3n) is 2.92. The Labute approximate surface area is 117 Å². The van der Waals surface area contributed by atoms with Crippen molar-refractivity contribution in [3.05, 3.63) is 36.0 Å². The number of amides is 1. The molecule has 104 valence electrons.